The van der Waals surface area contributed by atoms with Gasteiger partial charge in [-0.2, -0.15) is 0 Å². The number of nitrogens with one attached hydrogen (secondary N) is 2. The van der Waals surface area contributed by atoms with Crippen molar-refractivity contribution in [3.63, 3.8) is 0 Å². The van der Waals surface area contributed by atoms with Crippen molar-refractivity contribution in [1.82, 2.24) is 35.4 Å². The van der Waals surface area contributed by atoms with Crippen LogP contribution in [0, 0.1) is 17.8 Å². The average Bonchev–Trinajstić information content (AvgIpc) is 3.92. The van der Waals surface area contributed by atoms with Crippen molar-refractivity contribution in [2.45, 2.75) is 219 Å². The van der Waals surface area contributed by atoms with Crippen molar-refractivity contribution in [2.24, 2.45) is 17.8 Å². The van der Waals surface area contributed by atoms with Crippen molar-refractivity contribution in [2.75, 3.05) is 46.6 Å². The van der Waals surface area contributed by atoms with Crippen LogP contribution in [0.1, 0.15) is 135 Å². The van der Waals surface area contributed by atoms with Gasteiger partial charge in [0.15, 0.2) is 17.7 Å². The topological polar surface area (TPSA) is 257 Å². The predicted octanol–water partition coefficient (Wildman–Crippen LogP) is 5.69. The SMILES string of the molecule is CC[C@H]1OC(=O)[C@H](C)C(=O)[C@H](C)[C@@H](O[C@@H]2O[C@H](C)CC(N(C)C)[C@H]2O)[C@](C)(OC)C[C@@H](C)CNC(CCN[C@H](CC(=O)OC(C)(C)C)C(=O)OC(C)(C)C)[C@H]2N(CCCCn3cc(-c4cccc(N)c4)nn3)C(=O)O[C@]12C. The largest absolute Gasteiger partial charge is 0.460 e. The summed E-state index contributed by atoms with van der Waals surface area (Å²) < 4.78 is 45.4. The molecule has 4 heterocycles. The number of anilines is 1. The summed E-state index contributed by atoms with van der Waals surface area (Å²) in [7, 11) is 5.31. The van der Waals surface area contributed by atoms with Crippen LogP contribution in [0.4, 0.5) is 10.5 Å². The zero-order valence-corrected chi connectivity index (χ0v) is 48.8. The molecule has 3 fully saturated rings. The number of amides is 1. The zero-order valence-electron chi connectivity index (χ0n) is 48.8. The molecule has 434 valence electrons. The van der Waals surface area contributed by atoms with Crippen molar-refractivity contribution >= 4 is 35.5 Å². The van der Waals surface area contributed by atoms with Crippen LogP contribution < -0.4 is 16.4 Å². The van der Waals surface area contributed by atoms with Crippen LogP contribution in [0.25, 0.3) is 11.3 Å². The number of aromatic nitrogens is 3. The zero-order chi connectivity index (χ0) is 57.4. The lowest BCUT2D eigenvalue weighted by Gasteiger charge is -2.46. The van der Waals surface area contributed by atoms with Gasteiger partial charge in [0, 0.05) is 49.5 Å². The summed E-state index contributed by atoms with van der Waals surface area (Å²) in [6.07, 6.45) is -1.08. The molecule has 0 radical (unpaired) electrons. The summed E-state index contributed by atoms with van der Waals surface area (Å²) >= 11 is 0. The van der Waals surface area contributed by atoms with E-state index in [9.17, 15) is 29.1 Å². The van der Waals surface area contributed by atoms with Gasteiger partial charge in [0.2, 0.25) is 0 Å². The first-order valence-corrected chi connectivity index (χ1v) is 27.5. The number of cyclic esters (lactones) is 1. The van der Waals surface area contributed by atoms with Crippen LogP contribution >= 0.6 is 0 Å². The van der Waals surface area contributed by atoms with Crippen LogP contribution in [-0.2, 0) is 58.9 Å². The monoisotopic (exact) mass is 1080 g/mol. The van der Waals surface area contributed by atoms with E-state index < -0.39 is 107 Å². The molecule has 0 bridgehead atoms. The Balaban J connectivity index is 1.53. The highest BCUT2D eigenvalue weighted by molar-refractivity contribution is 6.00. The number of Topliss-reactive ketones (excluding diaryl/α,β-unsaturated/α-hetero) is 1. The van der Waals surface area contributed by atoms with Gasteiger partial charge in [-0.15, -0.1) is 5.10 Å². The van der Waals surface area contributed by atoms with Gasteiger partial charge >= 0.3 is 24.0 Å². The van der Waals surface area contributed by atoms with Gasteiger partial charge in [-0.05, 0) is 153 Å². The van der Waals surface area contributed by atoms with E-state index in [1.54, 1.807) is 78.1 Å². The lowest BCUT2D eigenvalue weighted by atomic mass is 9.78. The first kappa shape index (κ1) is 63.1. The number of rotatable bonds is 18. The number of carbonyl (C=O) groups is 5. The van der Waals surface area contributed by atoms with Gasteiger partial charge < -0.3 is 59.5 Å². The van der Waals surface area contributed by atoms with Crippen LogP contribution in [0.3, 0.4) is 0 Å². The van der Waals surface area contributed by atoms with Gasteiger partial charge in [-0.3, -0.25) is 28.8 Å². The summed E-state index contributed by atoms with van der Waals surface area (Å²) in [4.78, 5) is 74.4. The molecule has 21 heteroatoms. The van der Waals surface area contributed by atoms with E-state index in [-0.39, 0.29) is 50.4 Å². The molecule has 1 aromatic carbocycles. The minimum absolute atomic E-state index is 0.149. The Kier molecular flexibility index (Phi) is 21.7. The number of benzene rings is 1. The summed E-state index contributed by atoms with van der Waals surface area (Å²) in [5, 5.41) is 27.4. The van der Waals surface area contributed by atoms with Crippen molar-refractivity contribution in [1.29, 1.82) is 0 Å². The molecule has 5 N–H and O–H groups in total. The molecule has 14 atom stereocenters. The van der Waals surface area contributed by atoms with Crippen LogP contribution in [0.2, 0.25) is 0 Å². The Labute approximate surface area is 456 Å². The number of nitrogen functional groups attached to an aromatic ring is 1. The molecule has 0 spiro atoms. The summed E-state index contributed by atoms with van der Waals surface area (Å²) in [5.41, 5.74) is 3.84. The van der Waals surface area contributed by atoms with Gasteiger partial charge in [0.25, 0.3) is 0 Å². The second kappa shape index (κ2) is 26.5. The van der Waals surface area contributed by atoms with E-state index in [4.69, 9.17) is 38.9 Å². The number of aliphatic hydroxyl groups is 1. The van der Waals surface area contributed by atoms with Gasteiger partial charge in [-0.1, -0.05) is 38.1 Å². The molecule has 3 aliphatic rings. The Morgan fingerprint density at radius 1 is 1.03 bits per heavy atom. The molecule has 21 nitrogen and oxygen atoms in total. The Morgan fingerprint density at radius 2 is 1.70 bits per heavy atom. The molecule has 0 saturated carbocycles. The van der Waals surface area contributed by atoms with E-state index in [0.29, 0.717) is 50.2 Å². The third-order valence-corrected chi connectivity index (χ3v) is 15.0. The molecule has 3 saturated heterocycles. The highest BCUT2D eigenvalue weighted by Gasteiger charge is 2.59. The van der Waals surface area contributed by atoms with Gasteiger partial charge in [0.1, 0.15) is 41.1 Å². The quantitative estimate of drug-likeness (QED) is 0.0460. The van der Waals surface area contributed by atoms with Gasteiger partial charge in [0.05, 0.1) is 36.5 Å². The second-order valence-electron chi connectivity index (χ2n) is 24.2. The molecule has 1 aromatic heterocycles. The average molecular weight is 1090 g/mol. The van der Waals surface area contributed by atoms with Crippen molar-refractivity contribution < 1.29 is 62.2 Å². The number of fused-ring (bicyclic) bond motifs is 1. The number of nitrogens with zero attached hydrogens (tertiary/aromatic N) is 5. The first-order valence-electron chi connectivity index (χ1n) is 27.5. The number of aliphatic hydroxyl groups excluding tert-OH is 1. The van der Waals surface area contributed by atoms with E-state index in [0.717, 1.165) is 5.56 Å². The minimum Gasteiger partial charge on any atom is -0.460 e. The molecule has 5 rings (SSSR count). The third kappa shape index (κ3) is 16.6. The molecule has 3 aliphatic heterocycles. The Hall–Kier alpha value is -4.77. The van der Waals surface area contributed by atoms with Crippen LogP contribution in [0.5, 0.6) is 0 Å². The first-order chi connectivity index (χ1) is 35.9. The van der Waals surface area contributed by atoms with E-state index in [1.165, 1.54) is 6.92 Å². The number of likely N-dealkylation sites (N-methyl/N-ethyl adjacent to an activating group) is 1. The van der Waals surface area contributed by atoms with Crippen molar-refractivity contribution in [3.8, 4) is 11.3 Å². The Bertz CT molecular complexity index is 2300. The normalized spacial score (nSPS) is 31.4. The Morgan fingerprint density at radius 3 is 2.32 bits per heavy atom. The maximum atomic E-state index is 14.7. The fourth-order valence-corrected chi connectivity index (χ4v) is 11.1. The molecular formula is C56H92N8O13. The summed E-state index contributed by atoms with van der Waals surface area (Å²) in [6, 6.07) is 4.63. The number of ether oxygens (including phenoxy) is 7. The van der Waals surface area contributed by atoms with E-state index >= 15 is 0 Å². The minimum atomic E-state index is -1.48. The smallest absolute Gasteiger partial charge is 0.410 e. The molecule has 0 aliphatic carbocycles. The number of hydrogen-bond acceptors (Lipinski definition) is 19. The summed E-state index contributed by atoms with van der Waals surface area (Å²) in [5.74, 6) is -4.93. The van der Waals surface area contributed by atoms with Crippen LogP contribution in [0.15, 0.2) is 30.5 Å². The molecular weight excluding hydrogens is 993 g/mol. The lowest BCUT2D eigenvalue weighted by Crippen LogP contribution is -2.62. The number of esters is 3. The molecule has 1 amide bonds. The highest BCUT2D eigenvalue weighted by Crippen LogP contribution is 2.41. The maximum Gasteiger partial charge on any atom is 0.410 e. The van der Waals surface area contributed by atoms with E-state index in [2.05, 4.69) is 20.9 Å². The van der Waals surface area contributed by atoms with Crippen LogP contribution in [-0.4, -0.2) is 178 Å². The summed E-state index contributed by atoms with van der Waals surface area (Å²) in [6.45, 7) is 24.3. The second-order valence-corrected chi connectivity index (χ2v) is 24.2. The number of hydrogen-bond donors (Lipinski definition) is 4. The number of carbonyl (C=O) groups excluding carboxylic acids is 5. The number of nitrogens with two attached hydrogens (primary N) is 1. The fraction of sp³-hybridized carbons (Fsp3) is 0.768. The van der Waals surface area contributed by atoms with Gasteiger partial charge in [-0.25, -0.2) is 4.79 Å². The number of unbranched alkanes of at least 4 members (excludes halogenated alkanes) is 1. The van der Waals surface area contributed by atoms with E-state index in [1.807, 2.05) is 71.1 Å². The lowest BCUT2D eigenvalue weighted by molar-refractivity contribution is -0.295. The fourth-order valence-electron chi connectivity index (χ4n) is 11.1. The number of methoxy groups -OCH3 is 1. The third-order valence-electron chi connectivity index (χ3n) is 15.0. The maximum absolute atomic E-state index is 14.7. The highest BCUT2D eigenvalue weighted by atomic mass is 16.7. The van der Waals surface area contributed by atoms with Crippen molar-refractivity contribution in [3.05, 3.63) is 30.5 Å². The number of ketones is 1. The molecule has 2 aromatic rings. The molecule has 77 heavy (non-hydrogen) atoms. The number of aryl methyl sites for hydroxylation is 1. The molecule has 2 unspecified atom stereocenters. The standard InChI is InChI=1S/C56H92N8O13/c1-17-43-56(13)47(64(52(70)77-56)26-19-18-25-63-32-41(60-61-63)37-21-20-22-38(57)28-37)39(23-24-58-40(50(69)76-54(9,10)11)29-44(65)75-53(6,7)8)59-31-33(2)30-55(12,71-16)48(35(4)45(66)36(5)49(68)73-43)74-51-46(67)42(62(14)15)27-34(3)72-51/h20-22,28,32-36,39-40,42-43,46-48,51,58-59,67H,17-19,23-27,29-31,57H2,1-16H3/t33-,34-,35+,36-,39?,40-,42?,43-,46-,47-,48-,51+,55-,56-/m1/s1. The predicted molar refractivity (Wildman–Crippen MR) is 289 cm³/mol.